The highest BCUT2D eigenvalue weighted by atomic mass is 16.5. The number of carboxylic acids is 1. The molecular weight excluding hydrogens is 326 g/mol. The number of carbonyl (C=O) groups is 2. The second-order valence-electron chi connectivity index (χ2n) is 5.54. The van der Waals surface area contributed by atoms with Crippen molar-refractivity contribution >= 4 is 11.9 Å². The first-order valence-corrected chi connectivity index (χ1v) is 7.55. The van der Waals surface area contributed by atoms with Crippen molar-refractivity contribution in [2.24, 2.45) is 0 Å². The van der Waals surface area contributed by atoms with E-state index in [0.29, 0.717) is 12.1 Å². The first kappa shape index (κ1) is 18.5. The molecule has 2 atom stereocenters. The molecule has 5 N–H and O–H groups in total. The zero-order valence-electron chi connectivity index (χ0n) is 13.5. The molecule has 0 saturated carbocycles. The Kier molecular flexibility index (Phi) is 6.18. The average molecular weight is 345 g/mol. The van der Waals surface area contributed by atoms with Crippen LogP contribution in [0.4, 0.5) is 0 Å². The minimum absolute atomic E-state index is 0.109. The fourth-order valence-electron chi connectivity index (χ4n) is 2.31. The molecule has 132 valence electrons. The minimum Gasteiger partial charge on any atom is -0.478 e. The Hall–Kier alpha value is -2.81. The van der Waals surface area contributed by atoms with Crippen molar-refractivity contribution in [3.63, 3.8) is 0 Å². The van der Waals surface area contributed by atoms with Crippen LogP contribution in [0, 0.1) is 0 Å². The molecule has 0 aliphatic heterocycles. The van der Waals surface area contributed by atoms with E-state index < -0.39 is 24.0 Å². The fourth-order valence-corrected chi connectivity index (χ4v) is 2.31. The Morgan fingerprint density at radius 3 is 2.40 bits per heavy atom. The number of benzene rings is 1. The number of hydroxylamine groups is 1. The van der Waals surface area contributed by atoms with E-state index in [1.54, 1.807) is 6.20 Å². The van der Waals surface area contributed by atoms with E-state index in [1.165, 1.54) is 24.7 Å². The molecule has 0 aliphatic carbocycles. The molecule has 0 bridgehead atoms. The van der Waals surface area contributed by atoms with E-state index in [2.05, 4.69) is 10.3 Å². The number of carboxylic acid groups (broad SMARTS) is 1. The van der Waals surface area contributed by atoms with E-state index in [4.69, 9.17) is 10.3 Å². The van der Waals surface area contributed by atoms with Gasteiger partial charge in [-0.05, 0) is 24.1 Å². The van der Waals surface area contributed by atoms with Crippen LogP contribution in [0.3, 0.4) is 0 Å². The number of amides is 1. The van der Waals surface area contributed by atoms with Crippen molar-refractivity contribution in [3.05, 3.63) is 53.9 Å². The van der Waals surface area contributed by atoms with Crippen LogP contribution < -0.4 is 10.8 Å². The van der Waals surface area contributed by atoms with Gasteiger partial charge in [-0.25, -0.2) is 10.3 Å². The molecular formula is C17H19N3O5. The summed E-state index contributed by atoms with van der Waals surface area (Å²) < 4.78 is 0. The van der Waals surface area contributed by atoms with Gasteiger partial charge in [0.05, 0.1) is 11.7 Å². The highest BCUT2D eigenvalue weighted by Crippen LogP contribution is 2.20. The Morgan fingerprint density at radius 2 is 1.84 bits per heavy atom. The van der Waals surface area contributed by atoms with Crippen LogP contribution in [0.15, 0.2) is 42.7 Å². The quantitative estimate of drug-likeness (QED) is 0.370. The van der Waals surface area contributed by atoms with Gasteiger partial charge in [-0.1, -0.05) is 24.3 Å². The zero-order chi connectivity index (χ0) is 18.4. The van der Waals surface area contributed by atoms with Gasteiger partial charge in [0, 0.05) is 24.5 Å². The number of hydrogen-bond donors (Lipinski definition) is 5. The number of pyridine rings is 1. The number of aromatic nitrogens is 1. The van der Waals surface area contributed by atoms with Crippen LogP contribution in [0.1, 0.15) is 22.8 Å². The summed E-state index contributed by atoms with van der Waals surface area (Å²) in [4.78, 5) is 26.4. The maximum Gasteiger partial charge on any atom is 0.337 e. The lowest BCUT2D eigenvalue weighted by Crippen LogP contribution is -2.49. The molecule has 0 fully saturated rings. The summed E-state index contributed by atoms with van der Waals surface area (Å²) in [5.41, 5.74) is 3.96. The third-order valence-electron chi connectivity index (χ3n) is 3.67. The summed E-state index contributed by atoms with van der Waals surface area (Å²) in [6, 6.07) is 7.84. The number of carbonyl (C=O) groups excluding carboxylic acids is 1. The van der Waals surface area contributed by atoms with Gasteiger partial charge in [0.2, 0.25) is 0 Å². The standard InChI is InChI=1S/C17H19N3O5/c1-10(21)15(16(22)20-25)19-7-11-2-4-12(5-3-11)13-6-14(17(23)24)9-18-8-13/h2-6,8-10,15,19,21,25H,7H2,1H3,(H,20,22)(H,23,24)/t10-,15+/m1/s1. The molecule has 0 radical (unpaired) electrons. The van der Waals surface area contributed by atoms with Crippen molar-refractivity contribution < 1.29 is 25.0 Å². The number of aromatic carboxylic acids is 1. The number of nitrogens with zero attached hydrogens (tertiary/aromatic N) is 1. The van der Waals surface area contributed by atoms with Gasteiger partial charge in [0.15, 0.2) is 0 Å². The molecule has 1 heterocycles. The molecule has 0 saturated heterocycles. The van der Waals surface area contributed by atoms with Crippen LogP contribution in [0.5, 0.6) is 0 Å². The van der Waals surface area contributed by atoms with Crippen molar-refractivity contribution in [1.29, 1.82) is 0 Å². The molecule has 0 unspecified atom stereocenters. The summed E-state index contributed by atoms with van der Waals surface area (Å²) in [6.45, 7) is 1.75. The third kappa shape index (κ3) is 4.83. The minimum atomic E-state index is -1.04. The van der Waals surface area contributed by atoms with Gasteiger partial charge in [-0.2, -0.15) is 0 Å². The Morgan fingerprint density at radius 1 is 1.16 bits per heavy atom. The predicted octanol–water partition coefficient (Wildman–Crippen LogP) is 0.791. The van der Waals surface area contributed by atoms with Crippen molar-refractivity contribution in [3.8, 4) is 11.1 Å². The number of nitrogens with one attached hydrogen (secondary N) is 2. The lowest BCUT2D eigenvalue weighted by atomic mass is 10.0. The van der Waals surface area contributed by atoms with Crippen LogP contribution in [0.2, 0.25) is 0 Å². The molecule has 0 aliphatic rings. The SMILES string of the molecule is C[C@@H](O)[C@H](NCc1ccc(-c2cncc(C(=O)O)c2)cc1)C(=O)NO. The van der Waals surface area contributed by atoms with E-state index in [0.717, 1.165) is 11.1 Å². The fraction of sp³-hybridized carbons (Fsp3) is 0.235. The first-order valence-electron chi connectivity index (χ1n) is 7.55. The van der Waals surface area contributed by atoms with Crippen LogP contribution in [-0.2, 0) is 11.3 Å². The average Bonchev–Trinajstić information content (AvgIpc) is 2.62. The topological polar surface area (TPSA) is 132 Å². The lowest BCUT2D eigenvalue weighted by Gasteiger charge is -2.19. The highest BCUT2D eigenvalue weighted by Gasteiger charge is 2.22. The second-order valence-corrected chi connectivity index (χ2v) is 5.54. The van der Waals surface area contributed by atoms with Crippen molar-refractivity contribution in [2.45, 2.75) is 25.6 Å². The van der Waals surface area contributed by atoms with Gasteiger partial charge in [-0.3, -0.25) is 20.3 Å². The van der Waals surface area contributed by atoms with Gasteiger partial charge in [0.1, 0.15) is 6.04 Å². The summed E-state index contributed by atoms with van der Waals surface area (Å²) in [5, 5.41) is 30.1. The molecule has 8 nitrogen and oxygen atoms in total. The molecule has 25 heavy (non-hydrogen) atoms. The Labute approximate surface area is 144 Å². The Bertz CT molecular complexity index is 746. The summed E-state index contributed by atoms with van der Waals surface area (Å²) in [5.74, 6) is -1.76. The second kappa shape index (κ2) is 8.34. The van der Waals surface area contributed by atoms with E-state index in [-0.39, 0.29) is 5.56 Å². The smallest absolute Gasteiger partial charge is 0.337 e. The summed E-state index contributed by atoms with van der Waals surface area (Å²) >= 11 is 0. The number of hydrogen-bond acceptors (Lipinski definition) is 6. The Balaban J connectivity index is 2.08. The van der Waals surface area contributed by atoms with Gasteiger partial charge in [-0.15, -0.1) is 0 Å². The largest absolute Gasteiger partial charge is 0.478 e. The third-order valence-corrected chi connectivity index (χ3v) is 3.67. The van der Waals surface area contributed by atoms with Crippen LogP contribution >= 0.6 is 0 Å². The van der Waals surface area contributed by atoms with Crippen molar-refractivity contribution in [1.82, 2.24) is 15.8 Å². The molecule has 2 aromatic rings. The molecule has 1 aromatic carbocycles. The number of rotatable bonds is 7. The number of aliphatic hydroxyl groups is 1. The van der Waals surface area contributed by atoms with Crippen LogP contribution in [-0.4, -0.2) is 44.4 Å². The highest BCUT2D eigenvalue weighted by molar-refractivity contribution is 5.88. The van der Waals surface area contributed by atoms with Crippen molar-refractivity contribution in [2.75, 3.05) is 0 Å². The molecule has 0 spiro atoms. The maximum absolute atomic E-state index is 11.5. The molecule has 1 aromatic heterocycles. The summed E-state index contributed by atoms with van der Waals surface area (Å²) in [7, 11) is 0. The van der Waals surface area contributed by atoms with Gasteiger partial charge in [0.25, 0.3) is 5.91 Å². The normalized spacial score (nSPS) is 13.1. The predicted molar refractivity (Wildman–Crippen MR) is 88.9 cm³/mol. The van der Waals surface area contributed by atoms with Gasteiger partial charge < -0.3 is 10.2 Å². The van der Waals surface area contributed by atoms with E-state index in [1.807, 2.05) is 24.3 Å². The molecule has 2 rings (SSSR count). The van der Waals surface area contributed by atoms with E-state index >= 15 is 0 Å². The summed E-state index contributed by atoms with van der Waals surface area (Å²) in [6.07, 6.45) is 1.89. The van der Waals surface area contributed by atoms with E-state index in [9.17, 15) is 14.7 Å². The first-order chi connectivity index (χ1) is 11.9. The molecule has 1 amide bonds. The number of aliphatic hydroxyl groups excluding tert-OH is 1. The molecule has 8 heteroatoms. The lowest BCUT2D eigenvalue weighted by molar-refractivity contribution is -0.134. The zero-order valence-corrected chi connectivity index (χ0v) is 13.5. The monoisotopic (exact) mass is 345 g/mol. The van der Waals surface area contributed by atoms with Gasteiger partial charge >= 0.3 is 5.97 Å². The van der Waals surface area contributed by atoms with Crippen LogP contribution in [0.25, 0.3) is 11.1 Å². The maximum atomic E-state index is 11.5.